The molecule has 0 unspecified atom stereocenters. The van der Waals surface area contributed by atoms with Crippen LogP contribution in [0.25, 0.3) is 11.3 Å². The third-order valence-electron chi connectivity index (χ3n) is 5.61. The van der Waals surface area contributed by atoms with Crippen LogP contribution in [0.3, 0.4) is 0 Å². The zero-order valence-corrected chi connectivity index (χ0v) is 19.4. The van der Waals surface area contributed by atoms with Gasteiger partial charge >= 0.3 is 0 Å². The fourth-order valence-corrected chi connectivity index (χ4v) is 4.63. The molecular formula is C25H29N3O3S. The van der Waals surface area contributed by atoms with Crippen molar-refractivity contribution in [1.29, 1.82) is 0 Å². The zero-order chi connectivity index (χ0) is 22.3. The van der Waals surface area contributed by atoms with Gasteiger partial charge in [-0.1, -0.05) is 12.1 Å². The Labute approximate surface area is 193 Å². The first-order valence-corrected chi connectivity index (χ1v) is 11.8. The number of aromatic nitrogens is 1. The van der Waals surface area contributed by atoms with Crippen molar-refractivity contribution in [3.63, 3.8) is 0 Å². The quantitative estimate of drug-likeness (QED) is 0.516. The predicted octanol–water partition coefficient (Wildman–Crippen LogP) is 4.10. The Balaban J connectivity index is 1.25. The van der Waals surface area contributed by atoms with Gasteiger partial charge in [0, 0.05) is 37.1 Å². The van der Waals surface area contributed by atoms with E-state index < -0.39 is 0 Å². The van der Waals surface area contributed by atoms with Gasteiger partial charge in [0.1, 0.15) is 16.5 Å². The summed E-state index contributed by atoms with van der Waals surface area (Å²) in [5, 5.41) is 3.21. The van der Waals surface area contributed by atoms with Gasteiger partial charge in [-0.15, -0.1) is 11.3 Å². The Hall–Kier alpha value is -2.90. The lowest BCUT2D eigenvalue weighted by molar-refractivity contribution is -0.132. The molecule has 6 nitrogen and oxygen atoms in total. The minimum atomic E-state index is 0.185. The third kappa shape index (κ3) is 5.66. The van der Waals surface area contributed by atoms with Crippen molar-refractivity contribution >= 4 is 17.2 Å². The summed E-state index contributed by atoms with van der Waals surface area (Å²) in [7, 11) is 1.67. The molecule has 1 aliphatic heterocycles. The van der Waals surface area contributed by atoms with Crippen LogP contribution in [0.2, 0.25) is 0 Å². The molecular weight excluding hydrogens is 422 g/mol. The average molecular weight is 452 g/mol. The van der Waals surface area contributed by atoms with Crippen molar-refractivity contribution in [3.8, 4) is 22.8 Å². The molecule has 168 valence electrons. The number of methoxy groups -OCH3 is 1. The molecule has 4 rings (SSSR count). The number of piperazine rings is 1. The normalized spacial score (nSPS) is 14.4. The van der Waals surface area contributed by atoms with E-state index in [-0.39, 0.29) is 5.91 Å². The van der Waals surface area contributed by atoms with E-state index in [0.29, 0.717) is 13.0 Å². The summed E-state index contributed by atoms with van der Waals surface area (Å²) in [6.45, 7) is 6.68. The second-order valence-corrected chi connectivity index (χ2v) is 8.71. The molecule has 0 spiro atoms. The maximum atomic E-state index is 12.7. The molecule has 1 fully saturated rings. The number of benzene rings is 2. The third-order valence-corrected chi connectivity index (χ3v) is 6.44. The molecule has 0 aliphatic carbocycles. The number of ether oxygens (including phenoxy) is 2. The van der Waals surface area contributed by atoms with Gasteiger partial charge in [-0.25, -0.2) is 4.98 Å². The summed E-state index contributed by atoms with van der Waals surface area (Å²) in [5.41, 5.74) is 3.12. The van der Waals surface area contributed by atoms with E-state index in [2.05, 4.69) is 10.3 Å². The second-order valence-electron chi connectivity index (χ2n) is 7.77. The van der Waals surface area contributed by atoms with E-state index in [4.69, 9.17) is 14.5 Å². The standard InChI is InChI=1S/C25H29N3O3S/c1-3-31-22-8-4-19(5-9-22)16-25(29)28-14-12-27(13-15-28)17-24-26-23(18-32-24)20-6-10-21(30-2)11-7-20/h4-11,18H,3,12-17H2,1-2H3. The van der Waals surface area contributed by atoms with Crippen molar-refractivity contribution in [2.75, 3.05) is 39.9 Å². The molecule has 32 heavy (non-hydrogen) atoms. The molecule has 0 radical (unpaired) electrons. The van der Waals surface area contributed by atoms with Gasteiger partial charge < -0.3 is 14.4 Å². The molecule has 0 saturated carbocycles. The second kappa shape index (κ2) is 10.6. The van der Waals surface area contributed by atoms with Crippen LogP contribution in [0.1, 0.15) is 17.5 Å². The Morgan fingerprint density at radius 1 is 1.00 bits per heavy atom. The molecule has 1 aromatic heterocycles. The number of nitrogens with zero attached hydrogens (tertiary/aromatic N) is 3. The molecule has 1 saturated heterocycles. The number of carbonyl (C=O) groups excluding carboxylic acids is 1. The molecule has 2 heterocycles. The SMILES string of the molecule is CCOc1ccc(CC(=O)N2CCN(Cc3nc(-c4ccc(OC)cc4)cs3)CC2)cc1. The monoisotopic (exact) mass is 451 g/mol. The number of carbonyl (C=O) groups is 1. The average Bonchev–Trinajstić information content (AvgIpc) is 3.29. The number of rotatable bonds is 8. The summed E-state index contributed by atoms with van der Waals surface area (Å²) in [6, 6.07) is 15.8. The van der Waals surface area contributed by atoms with Gasteiger partial charge in [-0.2, -0.15) is 0 Å². The topological polar surface area (TPSA) is 54.9 Å². The number of hydrogen-bond donors (Lipinski definition) is 0. The molecule has 0 atom stereocenters. The fraction of sp³-hybridized carbons (Fsp3) is 0.360. The minimum Gasteiger partial charge on any atom is -0.497 e. The van der Waals surface area contributed by atoms with Crippen LogP contribution in [-0.2, 0) is 17.8 Å². The number of amides is 1. The number of thiazole rings is 1. The first kappa shape index (κ1) is 22.3. The highest BCUT2D eigenvalue weighted by Crippen LogP contribution is 2.25. The van der Waals surface area contributed by atoms with Gasteiger partial charge in [0.15, 0.2) is 0 Å². The van der Waals surface area contributed by atoms with Crippen LogP contribution in [0.5, 0.6) is 11.5 Å². The molecule has 0 bridgehead atoms. The van der Waals surface area contributed by atoms with E-state index in [9.17, 15) is 4.79 Å². The smallest absolute Gasteiger partial charge is 0.227 e. The van der Waals surface area contributed by atoms with Crippen molar-refractivity contribution in [3.05, 3.63) is 64.5 Å². The Morgan fingerprint density at radius 2 is 1.69 bits per heavy atom. The highest BCUT2D eigenvalue weighted by atomic mass is 32.1. The summed E-state index contributed by atoms with van der Waals surface area (Å²) in [5.74, 6) is 1.87. The fourth-order valence-electron chi connectivity index (χ4n) is 3.78. The molecule has 3 aromatic rings. The highest BCUT2D eigenvalue weighted by Gasteiger charge is 2.22. The first-order chi connectivity index (χ1) is 15.6. The van der Waals surface area contributed by atoms with E-state index in [1.807, 2.05) is 60.4 Å². The van der Waals surface area contributed by atoms with Crippen molar-refractivity contribution in [2.24, 2.45) is 0 Å². The lowest BCUT2D eigenvalue weighted by atomic mass is 10.1. The Bertz CT molecular complexity index is 1010. The highest BCUT2D eigenvalue weighted by molar-refractivity contribution is 7.09. The summed E-state index contributed by atoms with van der Waals surface area (Å²) >= 11 is 1.69. The minimum absolute atomic E-state index is 0.185. The predicted molar refractivity (Wildman–Crippen MR) is 127 cm³/mol. The van der Waals surface area contributed by atoms with Crippen LogP contribution >= 0.6 is 11.3 Å². The molecule has 7 heteroatoms. The Kier molecular flexibility index (Phi) is 7.39. The van der Waals surface area contributed by atoms with Crippen molar-refractivity contribution in [2.45, 2.75) is 19.9 Å². The maximum Gasteiger partial charge on any atom is 0.227 e. The van der Waals surface area contributed by atoms with Gasteiger partial charge in [0.05, 0.1) is 32.4 Å². The van der Waals surface area contributed by atoms with E-state index in [0.717, 1.165) is 66.1 Å². The molecule has 1 amide bonds. The van der Waals surface area contributed by atoms with Crippen LogP contribution < -0.4 is 9.47 Å². The maximum absolute atomic E-state index is 12.7. The Morgan fingerprint density at radius 3 is 2.34 bits per heavy atom. The van der Waals surface area contributed by atoms with Crippen molar-refractivity contribution < 1.29 is 14.3 Å². The van der Waals surface area contributed by atoms with E-state index >= 15 is 0 Å². The van der Waals surface area contributed by atoms with Crippen LogP contribution in [0.15, 0.2) is 53.9 Å². The van der Waals surface area contributed by atoms with Crippen molar-refractivity contribution in [1.82, 2.24) is 14.8 Å². The van der Waals surface area contributed by atoms with E-state index in [1.54, 1.807) is 18.4 Å². The summed E-state index contributed by atoms with van der Waals surface area (Å²) in [6.07, 6.45) is 0.435. The largest absolute Gasteiger partial charge is 0.497 e. The number of hydrogen-bond acceptors (Lipinski definition) is 6. The van der Waals surface area contributed by atoms with Crippen LogP contribution in [0.4, 0.5) is 0 Å². The first-order valence-electron chi connectivity index (χ1n) is 11.0. The summed E-state index contributed by atoms with van der Waals surface area (Å²) < 4.78 is 10.7. The summed E-state index contributed by atoms with van der Waals surface area (Å²) in [4.78, 5) is 21.9. The van der Waals surface area contributed by atoms with Gasteiger partial charge in [-0.3, -0.25) is 9.69 Å². The van der Waals surface area contributed by atoms with Crippen LogP contribution in [-0.4, -0.2) is 60.6 Å². The van der Waals surface area contributed by atoms with E-state index in [1.165, 1.54) is 0 Å². The van der Waals surface area contributed by atoms with Gasteiger partial charge in [-0.05, 0) is 48.9 Å². The molecule has 1 aliphatic rings. The van der Waals surface area contributed by atoms with Gasteiger partial charge in [0.25, 0.3) is 0 Å². The lowest BCUT2D eigenvalue weighted by Crippen LogP contribution is -2.48. The molecule has 0 N–H and O–H groups in total. The molecule has 2 aromatic carbocycles. The zero-order valence-electron chi connectivity index (χ0n) is 18.6. The van der Waals surface area contributed by atoms with Gasteiger partial charge in [0.2, 0.25) is 5.91 Å². The van der Waals surface area contributed by atoms with Crippen LogP contribution in [0, 0.1) is 0 Å². The lowest BCUT2D eigenvalue weighted by Gasteiger charge is -2.34.